The van der Waals surface area contributed by atoms with Crippen molar-refractivity contribution in [2.75, 3.05) is 0 Å². The first-order chi connectivity index (χ1) is 7.66. The lowest BCUT2D eigenvalue weighted by Crippen LogP contribution is -2.34. The van der Waals surface area contributed by atoms with Gasteiger partial charge in [-0.2, -0.15) is 0 Å². The zero-order chi connectivity index (χ0) is 11.5. The molecule has 0 saturated heterocycles. The average Bonchev–Trinajstić information content (AvgIpc) is 2.30. The first-order valence-electron chi connectivity index (χ1n) is 6.55. The van der Waals surface area contributed by atoms with E-state index in [0.29, 0.717) is 11.8 Å². The van der Waals surface area contributed by atoms with E-state index in [9.17, 15) is 9.90 Å². The highest BCUT2D eigenvalue weighted by atomic mass is 16.4. The monoisotopic (exact) mass is 225 g/mol. The van der Waals surface area contributed by atoms with Gasteiger partial charge >= 0.3 is 5.97 Å². The smallest absolute Gasteiger partial charge is 0.306 e. The fraction of sp³-hybridized carbons (Fsp3) is 0.923. The van der Waals surface area contributed by atoms with E-state index in [-0.39, 0.29) is 12.0 Å². The number of carbonyl (C=O) groups is 1. The quantitative estimate of drug-likeness (QED) is 0.779. The van der Waals surface area contributed by atoms with Crippen molar-refractivity contribution < 1.29 is 15.0 Å². The van der Waals surface area contributed by atoms with Gasteiger partial charge in [-0.05, 0) is 37.5 Å². The van der Waals surface area contributed by atoms with Gasteiger partial charge in [0.1, 0.15) is 0 Å². The predicted molar refractivity (Wildman–Crippen MR) is 58.8 cm³/mol. The first kappa shape index (κ1) is 11.9. The summed E-state index contributed by atoms with van der Waals surface area (Å²) in [6, 6.07) is 0. The molecule has 1 N–H and O–H groups in total. The van der Waals surface area contributed by atoms with E-state index in [1.165, 1.54) is 0 Å². The number of aliphatic carboxylic acids is 1. The molecule has 3 heteroatoms. The number of hydrogen-bond donors (Lipinski definition) is 1. The summed E-state index contributed by atoms with van der Waals surface area (Å²) in [7, 11) is 0. The van der Waals surface area contributed by atoms with Crippen molar-refractivity contribution in [3.63, 3.8) is 0 Å². The zero-order valence-electron chi connectivity index (χ0n) is 9.73. The summed E-state index contributed by atoms with van der Waals surface area (Å²) in [4.78, 5) is 10.8. The normalized spacial score (nSPS) is 40.6. The third-order valence-corrected chi connectivity index (χ3v) is 4.51. The fourth-order valence-corrected chi connectivity index (χ4v) is 3.40. The molecule has 0 aromatic rings. The van der Waals surface area contributed by atoms with E-state index in [1.54, 1.807) is 0 Å². The van der Waals surface area contributed by atoms with Crippen molar-refractivity contribution in [1.82, 2.24) is 0 Å². The Labute approximate surface area is 96.9 Å². The Balaban J connectivity index is 1.78. The lowest BCUT2D eigenvalue weighted by Gasteiger charge is -2.39. The highest BCUT2D eigenvalue weighted by Gasteiger charge is 2.31. The van der Waals surface area contributed by atoms with Crippen molar-refractivity contribution in [2.45, 2.75) is 57.5 Å². The maximum atomic E-state index is 11.2. The number of hydrogen-bond acceptors (Lipinski definition) is 2. The minimum atomic E-state index is -0.623. The Hall–Kier alpha value is -0.570. The van der Waals surface area contributed by atoms with E-state index in [4.69, 9.17) is 5.11 Å². The van der Waals surface area contributed by atoms with Gasteiger partial charge in [0, 0.05) is 0 Å². The third kappa shape index (κ3) is 2.76. The van der Waals surface area contributed by atoms with Crippen LogP contribution in [0.25, 0.3) is 0 Å². The van der Waals surface area contributed by atoms with Crippen molar-refractivity contribution in [3.05, 3.63) is 0 Å². The van der Waals surface area contributed by atoms with Crippen LogP contribution in [0.15, 0.2) is 0 Å². The van der Waals surface area contributed by atoms with Crippen molar-refractivity contribution in [1.29, 1.82) is 0 Å². The molecule has 0 heterocycles. The van der Waals surface area contributed by atoms with Crippen LogP contribution in [0.5, 0.6) is 0 Å². The molecule has 3 nitrogen and oxygen atoms in total. The Morgan fingerprint density at radius 1 is 0.875 bits per heavy atom. The van der Waals surface area contributed by atoms with Gasteiger partial charge in [-0.3, -0.25) is 4.79 Å². The van der Waals surface area contributed by atoms with Crippen LogP contribution in [-0.4, -0.2) is 17.2 Å². The molecule has 2 aliphatic rings. The summed E-state index contributed by atoms with van der Waals surface area (Å²) < 4.78 is 0. The summed E-state index contributed by atoms with van der Waals surface area (Å²) in [5.41, 5.74) is 0. The maximum Gasteiger partial charge on any atom is 0.306 e. The molecule has 0 aromatic carbocycles. The lowest BCUT2D eigenvalue weighted by atomic mass is 9.70. The highest BCUT2D eigenvalue weighted by Crippen LogP contribution is 2.39. The van der Waals surface area contributed by atoms with Gasteiger partial charge in [-0.15, -0.1) is 6.10 Å². The molecular formula is C13H21O3-. The molecule has 0 spiro atoms. The van der Waals surface area contributed by atoms with Gasteiger partial charge in [0.05, 0.1) is 5.92 Å². The SMILES string of the molecule is O=C(O)C1CCC(C2CCC([O-])CC2)CC1. The molecule has 2 aliphatic carbocycles. The van der Waals surface area contributed by atoms with Crippen molar-refractivity contribution >= 4 is 5.97 Å². The van der Waals surface area contributed by atoms with Crippen LogP contribution >= 0.6 is 0 Å². The molecule has 0 atom stereocenters. The Bertz CT molecular complexity index is 236. The molecule has 2 saturated carbocycles. The van der Waals surface area contributed by atoms with Crippen molar-refractivity contribution in [2.24, 2.45) is 17.8 Å². The Morgan fingerprint density at radius 3 is 1.75 bits per heavy atom. The van der Waals surface area contributed by atoms with Gasteiger partial charge in [-0.1, -0.05) is 25.7 Å². The molecular weight excluding hydrogens is 204 g/mol. The Kier molecular flexibility index (Phi) is 3.85. The molecule has 92 valence electrons. The number of carboxylic acids is 1. The van der Waals surface area contributed by atoms with Gasteiger partial charge in [0.25, 0.3) is 0 Å². The largest absolute Gasteiger partial charge is 0.852 e. The van der Waals surface area contributed by atoms with Gasteiger partial charge in [0.2, 0.25) is 0 Å². The molecule has 0 unspecified atom stereocenters. The fourth-order valence-electron chi connectivity index (χ4n) is 3.40. The number of carboxylic acid groups (broad SMARTS) is 1. The first-order valence-corrected chi connectivity index (χ1v) is 6.55. The lowest BCUT2D eigenvalue weighted by molar-refractivity contribution is -0.426. The summed E-state index contributed by atoms with van der Waals surface area (Å²) in [6.45, 7) is 0. The van der Waals surface area contributed by atoms with E-state index in [2.05, 4.69) is 0 Å². The predicted octanol–water partition coefficient (Wildman–Crippen LogP) is 1.80. The summed E-state index contributed by atoms with van der Waals surface area (Å²) in [5.74, 6) is 0.678. The summed E-state index contributed by atoms with van der Waals surface area (Å²) in [6.07, 6.45) is 7.32. The topological polar surface area (TPSA) is 60.4 Å². The highest BCUT2D eigenvalue weighted by molar-refractivity contribution is 5.69. The molecule has 16 heavy (non-hydrogen) atoms. The molecule has 2 rings (SSSR count). The second kappa shape index (κ2) is 5.17. The Morgan fingerprint density at radius 2 is 1.31 bits per heavy atom. The third-order valence-electron chi connectivity index (χ3n) is 4.51. The van der Waals surface area contributed by atoms with E-state index >= 15 is 0 Å². The molecule has 0 aliphatic heterocycles. The minimum absolute atomic E-state index is 0.105. The number of rotatable bonds is 2. The van der Waals surface area contributed by atoms with E-state index in [0.717, 1.165) is 51.4 Å². The van der Waals surface area contributed by atoms with Crippen LogP contribution in [0.4, 0.5) is 0 Å². The standard InChI is InChI=1S/C13H21O3/c14-12-7-5-10(6-8-12)9-1-3-11(4-2-9)13(15)16/h9-12H,1-8H2,(H,15,16)/q-1. The van der Waals surface area contributed by atoms with E-state index < -0.39 is 5.97 Å². The molecule has 0 aromatic heterocycles. The van der Waals surface area contributed by atoms with Crippen LogP contribution in [-0.2, 0) is 4.79 Å². The molecule has 0 radical (unpaired) electrons. The van der Waals surface area contributed by atoms with Crippen LogP contribution in [0.1, 0.15) is 51.4 Å². The van der Waals surface area contributed by atoms with Crippen LogP contribution in [0.3, 0.4) is 0 Å². The summed E-state index contributed by atoms with van der Waals surface area (Å²) >= 11 is 0. The minimum Gasteiger partial charge on any atom is -0.852 e. The second-order valence-electron chi connectivity index (χ2n) is 5.49. The van der Waals surface area contributed by atoms with Gasteiger partial charge in [0.15, 0.2) is 0 Å². The summed E-state index contributed by atoms with van der Waals surface area (Å²) in [5, 5.41) is 20.2. The van der Waals surface area contributed by atoms with Crippen LogP contribution in [0, 0.1) is 17.8 Å². The van der Waals surface area contributed by atoms with Crippen molar-refractivity contribution in [3.8, 4) is 0 Å². The van der Waals surface area contributed by atoms with Gasteiger partial charge in [-0.25, -0.2) is 0 Å². The van der Waals surface area contributed by atoms with Gasteiger partial charge < -0.3 is 10.2 Å². The molecule has 0 amide bonds. The molecule has 0 bridgehead atoms. The van der Waals surface area contributed by atoms with E-state index in [1.807, 2.05) is 0 Å². The zero-order valence-corrected chi connectivity index (χ0v) is 9.73. The second-order valence-corrected chi connectivity index (χ2v) is 5.49. The maximum absolute atomic E-state index is 11.2. The molecule has 2 fully saturated rings. The van der Waals surface area contributed by atoms with Crippen LogP contribution < -0.4 is 5.11 Å². The average molecular weight is 225 g/mol. The van der Waals surface area contributed by atoms with Crippen LogP contribution in [0.2, 0.25) is 0 Å².